The first-order chi connectivity index (χ1) is 14.9. The zero-order valence-electron chi connectivity index (χ0n) is 17.2. The van der Waals surface area contributed by atoms with Gasteiger partial charge in [0.2, 0.25) is 5.76 Å². The van der Waals surface area contributed by atoms with Crippen molar-refractivity contribution in [1.82, 2.24) is 5.43 Å². The number of nitrogens with one attached hydrogen (secondary N) is 1. The van der Waals surface area contributed by atoms with E-state index in [0.29, 0.717) is 46.2 Å². The first-order valence-corrected chi connectivity index (χ1v) is 10.3. The Hall–Kier alpha value is -3.38. The van der Waals surface area contributed by atoms with Crippen molar-refractivity contribution in [3.63, 3.8) is 0 Å². The number of ether oxygens (including phenoxy) is 1. The van der Waals surface area contributed by atoms with Crippen LogP contribution >= 0.6 is 11.6 Å². The summed E-state index contributed by atoms with van der Waals surface area (Å²) in [4.78, 5) is 25.1. The first kappa shape index (κ1) is 20.9. The molecule has 1 heterocycles. The third-order valence-electron chi connectivity index (χ3n) is 5.12. The molecule has 2 aromatic carbocycles. The number of hydrogen-bond acceptors (Lipinski definition) is 5. The maximum atomic E-state index is 12.7. The molecule has 0 unspecified atom stereocenters. The van der Waals surface area contributed by atoms with E-state index in [9.17, 15) is 9.59 Å². The SMILES string of the molecule is Cc1ccc(OC(=O)c2oc3c(c2C)/C(=N/NC(=O)c2cccc(Cl)c2)CCC3)cc1. The van der Waals surface area contributed by atoms with E-state index in [2.05, 4.69) is 10.5 Å². The smallest absolute Gasteiger partial charge is 0.379 e. The highest BCUT2D eigenvalue weighted by Gasteiger charge is 2.29. The fourth-order valence-electron chi connectivity index (χ4n) is 3.55. The second-order valence-electron chi connectivity index (χ2n) is 7.42. The Morgan fingerprint density at radius 2 is 1.87 bits per heavy atom. The van der Waals surface area contributed by atoms with E-state index in [-0.39, 0.29) is 11.7 Å². The van der Waals surface area contributed by atoms with Gasteiger partial charge in [0.15, 0.2) is 0 Å². The maximum Gasteiger partial charge on any atom is 0.379 e. The Kier molecular flexibility index (Phi) is 5.91. The maximum absolute atomic E-state index is 12.7. The van der Waals surface area contributed by atoms with Crippen LogP contribution in [0.15, 0.2) is 58.0 Å². The van der Waals surface area contributed by atoms with Gasteiger partial charge >= 0.3 is 5.97 Å². The molecule has 0 radical (unpaired) electrons. The molecule has 4 rings (SSSR count). The fourth-order valence-corrected chi connectivity index (χ4v) is 3.74. The van der Waals surface area contributed by atoms with Crippen LogP contribution in [-0.2, 0) is 6.42 Å². The standard InChI is InChI=1S/C24H21ClN2O4/c1-14-9-11-18(12-10-14)30-24(29)22-15(2)21-19(7-4-8-20(21)31-22)26-27-23(28)16-5-3-6-17(25)13-16/h3,5-6,9-13H,4,7-8H2,1-2H3,(H,27,28)/b26-19+. The summed E-state index contributed by atoms with van der Waals surface area (Å²) in [5.41, 5.74) is 6.16. The Balaban J connectivity index is 1.56. The van der Waals surface area contributed by atoms with Crippen LogP contribution in [0.25, 0.3) is 0 Å². The molecule has 0 spiro atoms. The number of carbonyl (C=O) groups excluding carboxylic acids is 2. The highest BCUT2D eigenvalue weighted by molar-refractivity contribution is 6.31. The summed E-state index contributed by atoms with van der Waals surface area (Å²) in [6, 6.07) is 13.9. The number of nitrogens with zero attached hydrogens (tertiary/aromatic N) is 1. The molecule has 0 fully saturated rings. The zero-order chi connectivity index (χ0) is 22.0. The summed E-state index contributed by atoms with van der Waals surface area (Å²) in [7, 11) is 0. The fraction of sp³-hybridized carbons (Fsp3) is 0.208. The molecular weight excluding hydrogens is 416 g/mol. The number of rotatable bonds is 4. The van der Waals surface area contributed by atoms with Crippen LogP contribution in [0.1, 0.15) is 56.2 Å². The topological polar surface area (TPSA) is 80.9 Å². The number of halogens is 1. The predicted octanol–water partition coefficient (Wildman–Crippen LogP) is 5.24. The molecular formula is C24H21ClN2O4. The number of hydrazone groups is 1. The summed E-state index contributed by atoms with van der Waals surface area (Å²) in [6.45, 7) is 3.76. The summed E-state index contributed by atoms with van der Waals surface area (Å²) in [5, 5.41) is 4.79. The monoisotopic (exact) mass is 436 g/mol. The number of aryl methyl sites for hydroxylation is 2. The number of fused-ring (bicyclic) bond motifs is 1. The Morgan fingerprint density at radius 1 is 1.10 bits per heavy atom. The number of hydrogen-bond donors (Lipinski definition) is 1. The molecule has 0 saturated heterocycles. The lowest BCUT2D eigenvalue weighted by molar-refractivity contribution is 0.0698. The van der Waals surface area contributed by atoms with Crippen LogP contribution < -0.4 is 10.2 Å². The molecule has 1 aliphatic rings. The number of carbonyl (C=O) groups is 2. The Bertz CT molecular complexity index is 1180. The average Bonchev–Trinajstić information content (AvgIpc) is 3.11. The van der Waals surface area contributed by atoms with Gasteiger partial charge in [-0.15, -0.1) is 0 Å². The van der Waals surface area contributed by atoms with Gasteiger partial charge < -0.3 is 9.15 Å². The van der Waals surface area contributed by atoms with Gasteiger partial charge in [-0.2, -0.15) is 5.10 Å². The normalized spacial score (nSPS) is 14.2. The quantitative estimate of drug-likeness (QED) is 0.344. The van der Waals surface area contributed by atoms with Crippen molar-refractivity contribution in [2.45, 2.75) is 33.1 Å². The zero-order valence-corrected chi connectivity index (χ0v) is 18.0. The molecule has 3 aromatic rings. The van der Waals surface area contributed by atoms with Crippen LogP contribution in [-0.4, -0.2) is 17.6 Å². The molecule has 0 atom stereocenters. The third kappa shape index (κ3) is 4.54. The summed E-state index contributed by atoms with van der Waals surface area (Å²) in [5.74, 6) is 0.365. The van der Waals surface area contributed by atoms with Crippen molar-refractivity contribution in [2.75, 3.05) is 0 Å². The van der Waals surface area contributed by atoms with Gasteiger partial charge in [-0.25, -0.2) is 10.2 Å². The molecule has 1 amide bonds. The lowest BCUT2D eigenvalue weighted by Gasteiger charge is -2.13. The lowest BCUT2D eigenvalue weighted by Crippen LogP contribution is -2.22. The Morgan fingerprint density at radius 3 is 2.61 bits per heavy atom. The van der Waals surface area contributed by atoms with Crippen molar-refractivity contribution < 1.29 is 18.7 Å². The van der Waals surface area contributed by atoms with Crippen molar-refractivity contribution in [3.05, 3.63) is 87.3 Å². The molecule has 31 heavy (non-hydrogen) atoms. The van der Waals surface area contributed by atoms with E-state index in [0.717, 1.165) is 17.5 Å². The lowest BCUT2D eigenvalue weighted by atomic mass is 9.93. The molecule has 7 heteroatoms. The number of amides is 1. The van der Waals surface area contributed by atoms with Crippen LogP contribution in [0, 0.1) is 13.8 Å². The van der Waals surface area contributed by atoms with Crippen molar-refractivity contribution >= 4 is 29.2 Å². The number of benzene rings is 2. The van der Waals surface area contributed by atoms with E-state index in [1.807, 2.05) is 19.1 Å². The molecule has 0 aliphatic heterocycles. The van der Waals surface area contributed by atoms with Crippen LogP contribution in [0.5, 0.6) is 5.75 Å². The minimum Gasteiger partial charge on any atom is -0.453 e. The molecule has 1 aliphatic carbocycles. The van der Waals surface area contributed by atoms with Gasteiger partial charge in [0.05, 0.1) is 5.71 Å². The van der Waals surface area contributed by atoms with Crippen molar-refractivity contribution in [3.8, 4) is 5.75 Å². The number of furan rings is 1. The van der Waals surface area contributed by atoms with Gasteiger partial charge in [0.1, 0.15) is 11.5 Å². The van der Waals surface area contributed by atoms with E-state index in [1.165, 1.54) is 0 Å². The van der Waals surface area contributed by atoms with Crippen LogP contribution in [0.2, 0.25) is 5.02 Å². The summed E-state index contributed by atoms with van der Waals surface area (Å²) >= 11 is 5.95. The molecule has 1 N–H and O–H groups in total. The minimum atomic E-state index is -0.557. The van der Waals surface area contributed by atoms with Crippen LogP contribution in [0.3, 0.4) is 0 Å². The first-order valence-electron chi connectivity index (χ1n) is 9.96. The average molecular weight is 437 g/mol. The highest BCUT2D eigenvalue weighted by Crippen LogP contribution is 2.30. The molecule has 0 saturated carbocycles. The highest BCUT2D eigenvalue weighted by atomic mass is 35.5. The van der Waals surface area contributed by atoms with Crippen molar-refractivity contribution in [2.24, 2.45) is 5.10 Å². The molecule has 6 nitrogen and oxygen atoms in total. The molecule has 158 valence electrons. The Labute approximate surface area is 184 Å². The van der Waals surface area contributed by atoms with E-state index >= 15 is 0 Å². The predicted molar refractivity (Wildman–Crippen MR) is 118 cm³/mol. The summed E-state index contributed by atoms with van der Waals surface area (Å²) < 4.78 is 11.3. The van der Waals surface area contributed by atoms with Gasteiger partial charge in [-0.05, 0) is 57.0 Å². The molecule has 1 aromatic heterocycles. The van der Waals surface area contributed by atoms with Gasteiger partial charge in [0.25, 0.3) is 5.91 Å². The second kappa shape index (κ2) is 8.78. The largest absolute Gasteiger partial charge is 0.453 e. The molecule has 0 bridgehead atoms. The van der Waals surface area contributed by atoms with E-state index < -0.39 is 5.97 Å². The van der Waals surface area contributed by atoms with Gasteiger partial charge in [0, 0.05) is 28.1 Å². The van der Waals surface area contributed by atoms with Crippen LogP contribution in [0.4, 0.5) is 0 Å². The summed E-state index contributed by atoms with van der Waals surface area (Å²) in [6.07, 6.45) is 2.16. The minimum absolute atomic E-state index is 0.154. The van der Waals surface area contributed by atoms with Crippen molar-refractivity contribution in [1.29, 1.82) is 0 Å². The second-order valence-corrected chi connectivity index (χ2v) is 7.86. The van der Waals surface area contributed by atoms with E-state index in [1.54, 1.807) is 43.3 Å². The van der Waals surface area contributed by atoms with E-state index in [4.69, 9.17) is 20.8 Å². The van der Waals surface area contributed by atoms with Gasteiger partial charge in [-0.3, -0.25) is 4.79 Å². The third-order valence-corrected chi connectivity index (χ3v) is 5.36. The van der Waals surface area contributed by atoms with Gasteiger partial charge in [-0.1, -0.05) is 35.4 Å². The number of esters is 1.